The summed E-state index contributed by atoms with van der Waals surface area (Å²) in [5, 5.41) is 0.673. The van der Waals surface area contributed by atoms with Crippen molar-refractivity contribution in [1.82, 2.24) is 0 Å². The van der Waals surface area contributed by atoms with Crippen LogP contribution >= 0.6 is 15.9 Å². The fourth-order valence-electron chi connectivity index (χ4n) is 2.56. The minimum absolute atomic E-state index is 0.254. The quantitative estimate of drug-likeness (QED) is 0.689. The van der Waals surface area contributed by atoms with E-state index < -0.39 is 0 Å². The van der Waals surface area contributed by atoms with Gasteiger partial charge < -0.3 is 4.74 Å². The molecule has 100 valence electrons. The Bertz CT molecular complexity index is 375. The molecule has 1 fully saturated rings. The second-order valence-electron chi connectivity index (χ2n) is 5.04. The fourth-order valence-corrected chi connectivity index (χ4v) is 2.90. The third kappa shape index (κ3) is 3.98. The maximum Gasteiger partial charge on any atom is 0.165 e. The fraction of sp³-hybridized carbons (Fsp3) is 0.600. The lowest BCUT2D eigenvalue weighted by atomic mass is 9.87. The van der Waals surface area contributed by atoms with Gasteiger partial charge in [0.05, 0.1) is 6.61 Å². The van der Waals surface area contributed by atoms with Crippen LogP contribution in [0.2, 0.25) is 0 Å². The van der Waals surface area contributed by atoms with Crippen molar-refractivity contribution in [3.63, 3.8) is 0 Å². The first-order chi connectivity index (χ1) is 8.79. The Morgan fingerprint density at radius 1 is 1.22 bits per heavy atom. The molecular weight excluding hydrogens is 295 g/mol. The summed E-state index contributed by atoms with van der Waals surface area (Å²) in [6.07, 6.45) is 7.75. The summed E-state index contributed by atoms with van der Waals surface area (Å²) < 4.78 is 19.2. The van der Waals surface area contributed by atoms with Crippen LogP contribution < -0.4 is 4.74 Å². The lowest BCUT2D eigenvalue weighted by molar-refractivity contribution is 0.239. The van der Waals surface area contributed by atoms with Crippen LogP contribution in [0.25, 0.3) is 0 Å². The van der Waals surface area contributed by atoms with Gasteiger partial charge in [0.1, 0.15) is 0 Å². The molecule has 18 heavy (non-hydrogen) atoms. The first kappa shape index (κ1) is 13.9. The van der Waals surface area contributed by atoms with E-state index in [0.29, 0.717) is 17.7 Å². The van der Waals surface area contributed by atoms with Crippen molar-refractivity contribution in [3.8, 4) is 5.75 Å². The highest BCUT2D eigenvalue weighted by Gasteiger charge is 2.13. The Labute approximate surface area is 117 Å². The number of rotatable bonds is 5. The first-order valence-corrected chi connectivity index (χ1v) is 7.89. The van der Waals surface area contributed by atoms with Crippen LogP contribution in [-0.2, 0) is 5.33 Å². The Kier molecular flexibility index (Phi) is 5.48. The Morgan fingerprint density at radius 2 is 2.00 bits per heavy atom. The monoisotopic (exact) mass is 314 g/mol. The third-order valence-corrected chi connectivity index (χ3v) is 4.31. The SMILES string of the molecule is Fc1cc(CBr)ccc1OCCC1CCCCC1. The van der Waals surface area contributed by atoms with E-state index in [1.807, 2.05) is 6.07 Å². The van der Waals surface area contributed by atoms with Gasteiger partial charge >= 0.3 is 0 Å². The molecule has 1 aliphatic rings. The summed E-state index contributed by atoms with van der Waals surface area (Å²) >= 11 is 3.31. The molecule has 2 rings (SSSR count). The van der Waals surface area contributed by atoms with Gasteiger partial charge in [0, 0.05) is 5.33 Å². The third-order valence-electron chi connectivity index (χ3n) is 3.66. The molecule has 0 aromatic heterocycles. The predicted octanol–water partition coefficient (Wildman–Crippen LogP) is 5.07. The molecule has 3 heteroatoms. The smallest absolute Gasteiger partial charge is 0.165 e. The van der Waals surface area contributed by atoms with E-state index in [0.717, 1.165) is 17.9 Å². The Balaban J connectivity index is 1.79. The van der Waals surface area contributed by atoms with Gasteiger partial charge in [-0.2, -0.15) is 0 Å². The average molecular weight is 315 g/mol. The number of hydrogen-bond acceptors (Lipinski definition) is 1. The van der Waals surface area contributed by atoms with Crippen molar-refractivity contribution >= 4 is 15.9 Å². The van der Waals surface area contributed by atoms with Gasteiger partial charge in [-0.15, -0.1) is 0 Å². The molecule has 0 atom stereocenters. The maximum absolute atomic E-state index is 13.7. The van der Waals surface area contributed by atoms with Crippen LogP contribution in [0.5, 0.6) is 5.75 Å². The molecule has 0 amide bonds. The topological polar surface area (TPSA) is 9.23 Å². The molecule has 0 unspecified atom stereocenters. The predicted molar refractivity (Wildman–Crippen MR) is 75.7 cm³/mol. The summed E-state index contributed by atoms with van der Waals surface area (Å²) in [6.45, 7) is 0.634. The van der Waals surface area contributed by atoms with E-state index in [2.05, 4.69) is 15.9 Å². The molecule has 1 aromatic rings. The Hall–Kier alpha value is -0.570. The van der Waals surface area contributed by atoms with Crippen molar-refractivity contribution in [2.24, 2.45) is 5.92 Å². The molecule has 1 aliphatic carbocycles. The number of ether oxygens (including phenoxy) is 1. The van der Waals surface area contributed by atoms with Crippen molar-refractivity contribution in [3.05, 3.63) is 29.6 Å². The van der Waals surface area contributed by atoms with Crippen LogP contribution in [0.4, 0.5) is 4.39 Å². The second kappa shape index (κ2) is 7.13. The van der Waals surface area contributed by atoms with Gasteiger partial charge in [-0.05, 0) is 30.0 Å². The van der Waals surface area contributed by atoms with Crippen LogP contribution in [0.15, 0.2) is 18.2 Å². The molecule has 0 aliphatic heterocycles. The van der Waals surface area contributed by atoms with Crippen LogP contribution in [0.3, 0.4) is 0 Å². The van der Waals surface area contributed by atoms with Crippen molar-refractivity contribution in [2.45, 2.75) is 43.9 Å². The summed E-state index contributed by atoms with van der Waals surface area (Å²) in [7, 11) is 0. The molecule has 0 bridgehead atoms. The molecular formula is C15H20BrFO. The zero-order valence-electron chi connectivity index (χ0n) is 10.6. The van der Waals surface area contributed by atoms with Crippen molar-refractivity contribution in [1.29, 1.82) is 0 Å². The Morgan fingerprint density at radius 3 is 2.67 bits per heavy atom. The maximum atomic E-state index is 13.7. The van der Waals surface area contributed by atoms with Gasteiger partial charge in [-0.1, -0.05) is 54.1 Å². The van der Waals surface area contributed by atoms with E-state index in [9.17, 15) is 4.39 Å². The van der Waals surface area contributed by atoms with E-state index >= 15 is 0 Å². The second-order valence-corrected chi connectivity index (χ2v) is 5.60. The molecule has 1 nitrogen and oxygen atoms in total. The van der Waals surface area contributed by atoms with E-state index in [1.54, 1.807) is 6.07 Å². The number of hydrogen-bond donors (Lipinski definition) is 0. The van der Waals surface area contributed by atoms with Crippen LogP contribution in [0, 0.1) is 11.7 Å². The van der Waals surface area contributed by atoms with E-state index in [1.165, 1.54) is 38.2 Å². The molecule has 1 saturated carbocycles. The minimum Gasteiger partial charge on any atom is -0.491 e. The first-order valence-electron chi connectivity index (χ1n) is 6.77. The van der Waals surface area contributed by atoms with Crippen molar-refractivity contribution in [2.75, 3.05) is 6.61 Å². The summed E-state index contributed by atoms with van der Waals surface area (Å²) in [5.41, 5.74) is 0.937. The van der Waals surface area contributed by atoms with Gasteiger partial charge in [0.2, 0.25) is 0 Å². The van der Waals surface area contributed by atoms with Crippen molar-refractivity contribution < 1.29 is 9.13 Å². The molecule has 0 heterocycles. The normalized spacial score (nSPS) is 16.8. The van der Waals surface area contributed by atoms with Crippen LogP contribution in [0.1, 0.15) is 44.1 Å². The average Bonchev–Trinajstić information content (AvgIpc) is 2.42. The highest BCUT2D eigenvalue weighted by atomic mass is 79.9. The minimum atomic E-state index is -0.254. The summed E-state index contributed by atoms with van der Waals surface area (Å²) in [6, 6.07) is 5.16. The molecule has 0 saturated heterocycles. The molecule has 1 aromatic carbocycles. The van der Waals surface area contributed by atoms with Gasteiger partial charge in [-0.3, -0.25) is 0 Å². The summed E-state index contributed by atoms with van der Waals surface area (Å²) in [5.74, 6) is 0.912. The van der Waals surface area contributed by atoms with Gasteiger partial charge in [0.15, 0.2) is 11.6 Å². The number of alkyl halides is 1. The standard InChI is InChI=1S/C15H20BrFO/c16-11-13-6-7-15(14(17)10-13)18-9-8-12-4-2-1-3-5-12/h6-7,10,12H,1-5,8-9,11H2. The van der Waals surface area contributed by atoms with Gasteiger partial charge in [0.25, 0.3) is 0 Å². The highest BCUT2D eigenvalue weighted by molar-refractivity contribution is 9.08. The zero-order valence-corrected chi connectivity index (χ0v) is 12.2. The zero-order chi connectivity index (χ0) is 12.8. The summed E-state index contributed by atoms with van der Waals surface area (Å²) in [4.78, 5) is 0. The van der Waals surface area contributed by atoms with E-state index in [-0.39, 0.29) is 5.82 Å². The molecule has 0 N–H and O–H groups in total. The molecule has 0 radical (unpaired) electrons. The number of benzene rings is 1. The lowest BCUT2D eigenvalue weighted by Crippen LogP contribution is -2.11. The number of halogens is 2. The largest absolute Gasteiger partial charge is 0.491 e. The van der Waals surface area contributed by atoms with Gasteiger partial charge in [-0.25, -0.2) is 4.39 Å². The lowest BCUT2D eigenvalue weighted by Gasteiger charge is -2.21. The molecule has 0 spiro atoms. The van der Waals surface area contributed by atoms with E-state index in [4.69, 9.17) is 4.74 Å². The highest BCUT2D eigenvalue weighted by Crippen LogP contribution is 2.27. The van der Waals surface area contributed by atoms with Crippen LogP contribution in [-0.4, -0.2) is 6.61 Å².